The number of nitrogens with one attached hydrogen (secondary N) is 1. The first kappa shape index (κ1) is 21.7. The molecular formula is C30H26N2O2. The molecule has 4 aromatic carbocycles. The second-order valence-electron chi connectivity index (χ2n) is 8.45. The maximum atomic E-state index is 14.0. The predicted molar refractivity (Wildman–Crippen MR) is 134 cm³/mol. The van der Waals surface area contributed by atoms with Crippen LogP contribution in [0.1, 0.15) is 28.4 Å². The number of nitrogens with zero attached hydrogens (tertiary/aromatic N) is 1. The van der Waals surface area contributed by atoms with Crippen molar-refractivity contribution in [2.45, 2.75) is 24.6 Å². The lowest BCUT2D eigenvalue weighted by atomic mass is 9.82. The van der Waals surface area contributed by atoms with Crippen molar-refractivity contribution >= 4 is 11.8 Å². The van der Waals surface area contributed by atoms with Gasteiger partial charge in [0, 0.05) is 18.5 Å². The van der Waals surface area contributed by atoms with Crippen LogP contribution in [0.15, 0.2) is 126 Å². The van der Waals surface area contributed by atoms with Crippen molar-refractivity contribution in [3.05, 3.63) is 144 Å². The Bertz CT molecular complexity index is 1260. The van der Waals surface area contributed by atoms with Gasteiger partial charge in [0.25, 0.3) is 5.91 Å². The molecule has 0 radical (unpaired) electrons. The molecule has 0 saturated carbocycles. The van der Waals surface area contributed by atoms with E-state index in [4.69, 9.17) is 9.73 Å². The van der Waals surface area contributed by atoms with Crippen LogP contribution in [0.5, 0.6) is 0 Å². The Morgan fingerprint density at radius 1 is 0.735 bits per heavy atom. The molecule has 0 unspecified atom stereocenters. The van der Waals surface area contributed by atoms with Crippen LogP contribution in [-0.2, 0) is 22.5 Å². The van der Waals surface area contributed by atoms with Gasteiger partial charge in [-0.1, -0.05) is 109 Å². The Morgan fingerprint density at radius 2 is 1.26 bits per heavy atom. The number of rotatable bonds is 7. The van der Waals surface area contributed by atoms with Gasteiger partial charge in [0.2, 0.25) is 5.90 Å². The van der Waals surface area contributed by atoms with E-state index in [1.54, 1.807) is 0 Å². The van der Waals surface area contributed by atoms with Gasteiger partial charge in [-0.2, -0.15) is 0 Å². The first-order valence-corrected chi connectivity index (χ1v) is 11.5. The average Bonchev–Trinajstić information content (AvgIpc) is 3.30. The largest absolute Gasteiger partial charge is 0.466 e. The summed E-state index contributed by atoms with van der Waals surface area (Å²) in [7, 11) is 0. The smallest absolute Gasteiger partial charge is 0.252 e. The Balaban J connectivity index is 1.58. The second kappa shape index (κ2) is 9.75. The molecule has 168 valence electrons. The normalized spacial score (nSPS) is 19.2. The number of carbonyl (C=O) groups excluding carboxylic acids is 1. The van der Waals surface area contributed by atoms with Crippen molar-refractivity contribution in [1.82, 2.24) is 5.32 Å². The topological polar surface area (TPSA) is 50.7 Å². The highest BCUT2D eigenvalue weighted by Crippen LogP contribution is 2.42. The van der Waals surface area contributed by atoms with Crippen molar-refractivity contribution in [3.8, 4) is 0 Å². The lowest BCUT2D eigenvalue weighted by Gasteiger charge is -2.31. The van der Waals surface area contributed by atoms with Crippen molar-refractivity contribution in [2.75, 3.05) is 0 Å². The quantitative estimate of drug-likeness (QED) is 0.407. The van der Waals surface area contributed by atoms with E-state index >= 15 is 0 Å². The highest BCUT2D eigenvalue weighted by molar-refractivity contribution is 6.01. The molecule has 0 saturated heterocycles. The summed E-state index contributed by atoms with van der Waals surface area (Å²) in [5.74, 6) is 0.334. The van der Waals surface area contributed by atoms with Crippen LogP contribution in [0.2, 0.25) is 0 Å². The Morgan fingerprint density at radius 3 is 1.88 bits per heavy atom. The molecule has 0 aliphatic carbocycles. The van der Waals surface area contributed by atoms with Gasteiger partial charge in [0.15, 0.2) is 11.6 Å². The third kappa shape index (κ3) is 4.48. The average molecular weight is 447 g/mol. The molecule has 4 nitrogen and oxygen atoms in total. The third-order valence-electron chi connectivity index (χ3n) is 6.09. The van der Waals surface area contributed by atoms with Crippen molar-refractivity contribution in [3.63, 3.8) is 0 Å². The minimum absolute atomic E-state index is 0.153. The van der Waals surface area contributed by atoms with E-state index in [2.05, 4.69) is 5.32 Å². The highest BCUT2D eigenvalue weighted by Gasteiger charge is 2.53. The summed E-state index contributed by atoms with van der Waals surface area (Å²) >= 11 is 0. The van der Waals surface area contributed by atoms with Crippen molar-refractivity contribution in [1.29, 1.82) is 0 Å². The van der Waals surface area contributed by atoms with Gasteiger partial charge in [-0.25, -0.2) is 4.99 Å². The summed E-state index contributed by atoms with van der Waals surface area (Å²) in [5.41, 5.74) is 2.69. The van der Waals surface area contributed by atoms with Gasteiger partial charge >= 0.3 is 0 Å². The molecule has 4 aromatic rings. The predicted octanol–water partition coefficient (Wildman–Crippen LogP) is 5.50. The van der Waals surface area contributed by atoms with Gasteiger partial charge in [0.05, 0.1) is 0 Å². The van der Waals surface area contributed by atoms with Gasteiger partial charge in [0.1, 0.15) is 0 Å². The molecule has 0 bridgehead atoms. The summed E-state index contributed by atoms with van der Waals surface area (Å²) in [6.45, 7) is 0.425. The van der Waals surface area contributed by atoms with E-state index in [0.29, 0.717) is 18.9 Å². The molecule has 2 atom stereocenters. The molecule has 4 heteroatoms. The van der Waals surface area contributed by atoms with E-state index in [1.165, 1.54) is 0 Å². The zero-order valence-corrected chi connectivity index (χ0v) is 18.8. The lowest BCUT2D eigenvalue weighted by molar-refractivity contribution is -0.129. The number of ether oxygens (including phenoxy) is 1. The number of carbonyl (C=O) groups is 1. The maximum Gasteiger partial charge on any atom is 0.252 e. The van der Waals surface area contributed by atoms with Gasteiger partial charge in [-0.15, -0.1) is 0 Å². The Hall–Kier alpha value is -4.18. The van der Waals surface area contributed by atoms with Crippen LogP contribution in [0.25, 0.3) is 0 Å². The SMILES string of the molecule is O=C(NCc1ccccc1)[C@@]1(Cc2ccccc2)N=C(c2ccccc2)O[C@H]1c1ccccc1. The first-order valence-electron chi connectivity index (χ1n) is 11.5. The van der Waals surface area contributed by atoms with Crippen LogP contribution < -0.4 is 5.32 Å². The Kier molecular flexibility index (Phi) is 6.21. The zero-order valence-electron chi connectivity index (χ0n) is 18.8. The van der Waals surface area contributed by atoms with Crippen molar-refractivity contribution in [2.24, 2.45) is 4.99 Å². The summed E-state index contributed by atoms with van der Waals surface area (Å²) in [4.78, 5) is 19.0. The van der Waals surface area contributed by atoms with E-state index in [9.17, 15) is 4.79 Å². The molecule has 1 aliphatic rings. The summed E-state index contributed by atoms with van der Waals surface area (Å²) < 4.78 is 6.48. The van der Waals surface area contributed by atoms with Gasteiger partial charge in [-0.3, -0.25) is 4.79 Å². The Labute approximate surface area is 200 Å². The number of hydrogen-bond acceptors (Lipinski definition) is 3. The maximum absolute atomic E-state index is 14.0. The summed E-state index contributed by atoms with van der Waals surface area (Å²) in [5, 5.41) is 3.15. The lowest BCUT2D eigenvalue weighted by Crippen LogP contribution is -2.49. The molecule has 0 aromatic heterocycles. The van der Waals surface area contributed by atoms with Crippen LogP contribution in [0.3, 0.4) is 0 Å². The van der Waals surface area contributed by atoms with E-state index in [-0.39, 0.29) is 5.91 Å². The van der Waals surface area contributed by atoms with E-state index in [0.717, 1.165) is 22.3 Å². The number of amides is 1. The number of benzene rings is 4. The standard InChI is InChI=1S/C30H26N2O2/c33-29(31-22-24-15-7-2-8-16-24)30(21-23-13-5-1-6-14-23)27(25-17-9-3-10-18-25)34-28(32-30)26-19-11-4-12-20-26/h1-20,27H,21-22H2,(H,31,33)/t27-,30-/m0/s1. The fourth-order valence-electron chi connectivity index (χ4n) is 4.38. The molecule has 1 N–H and O–H groups in total. The molecule has 1 aliphatic heterocycles. The summed E-state index contributed by atoms with van der Waals surface area (Å²) in [6.07, 6.45) is -0.135. The van der Waals surface area contributed by atoms with Gasteiger partial charge in [-0.05, 0) is 28.8 Å². The second-order valence-corrected chi connectivity index (χ2v) is 8.45. The minimum atomic E-state index is -1.15. The first-order chi connectivity index (χ1) is 16.7. The molecule has 0 spiro atoms. The molecule has 1 heterocycles. The third-order valence-corrected chi connectivity index (χ3v) is 6.09. The zero-order chi connectivity index (χ0) is 23.2. The number of hydrogen-bond donors (Lipinski definition) is 1. The highest BCUT2D eigenvalue weighted by atomic mass is 16.5. The molecule has 1 amide bonds. The fourth-order valence-corrected chi connectivity index (χ4v) is 4.38. The molecule has 0 fully saturated rings. The van der Waals surface area contributed by atoms with Crippen LogP contribution in [-0.4, -0.2) is 17.3 Å². The van der Waals surface area contributed by atoms with E-state index < -0.39 is 11.6 Å². The molecule has 34 heavy (non-hydrogen) atoms. The van der Waals surface area contributed by atoms with Crippen LogP contribution in [0, 0.1) is 0 Å². The monoisotopic (exact) mass is 446 g/mol. The van der Waals surface area contributed by atoms with Crippen LogP contribution in [0.4, 0.5) is 0 Å². The number of aliphatic imine (C=N–C) groups is 1. The van der Waals surface area contributed by atoms with Crippen molar-refractivity contribution < 1.29 is 9.53 Å². The summed E-state index contributed by atoms with van der Waals surface area (Å²) in [6, 6.07) is 39.6. The fraction of sp³-hybridized carbons (Fsp3) is 0.133. The minimum Gasteiger partial charge on any atom is -0.466 e. The van der Waals surface area contributed by atoms with Gasteiger partial charge < -0.3 is 10.1 Å². The molecular weight excluding hydrogens is 420 g/mol. The van der Waals surface area contributed by atoms with Crippen LogP contribution >= 0.6 is 0 Å². The molecule has 5 rings (SSSR count). The van der Waals surface area contributed by atoms with E-state index in [1.807, 2.05) is 121 Å².